The first-order chi connectivity index (χ1) is 17.0. The Morgan fingerprint density at radius 1 is 1.03 bits per heavy atom. The normalized spacial score (nSPS) is 16.0. The van der Waals surface area contributed by atoms with Crippen molar-refractivity contribution in [3.8, 4) is 5.75 Å². The highest BCUT2D eigenvalue weighted by atomic mass is 32.2. The molecule has 4 aromatic rings. The van der Waals surface area contributed by atoms with Crippen molar-refractivity contribution in [2.24, 2.45) is 0 Å². The van der Waals surface area contributed by atoms with E-state index in [4.69, 9.17) is 4.74 Å². The molecule has 36 heavy (non-hydrogen) atoms. The van der Waals surface area contributed by atoms with E-state index in [2.05, 4.69) is 5.32 Å². The zero-order valence-corrected chi connectivity index (χ0v) is 20.3. The second-order valence-corrected chi connectivity index (χ2v) is 10.3. The highest BCUT2D eigenvalue weighted by molar-refractivity contribution is 7.86. The number of carboxylic acid groups (broad SMARTS) is 1. The van der Waals surface area contributed by atoms with Crippen molar-refractivity contribution < 1.29 is 32.4 Å². The van der Waals surface area contributed by atoms with Crippen LogP contribution in [0.25, 0.3) is 32.3 Å². The number of carbonyl (C=O) groups excluding carboxylic acids is 1. The molecule has 0 aliphatic heterocycles. The highest BCUT2D eigenvalue weighted by Gasteiger charge is 2.21. The molecule has 0 saturated carbocycles. The van der Waals surface area contributed by atoms with Gasteiger partial charge >= 0.3 is 5.97 Å². The van der Waals surface area contributed by atoms with Crippen LogP contribution in [0.3, 0.4) is 0 Å². The summed E-state index contributed by atoms with van der Waals surface area (Å²) >= 11 is 0. The Morgan fingerprint density at radius 3 is 2.31 bits per heavy atom. The van der Waals surface area contributed by atoms with Crippen molar-refractivity contribution in [1.82, 2.24) is 5.32 Å². The maximum Gasteiger partial charge on any atom is 0.331 e. The molecule has 0 bridgehead atoms. The Bertz CT molecular complexity index is 1730. The summed E-state index contributed by atoms with van der Waals surface area (Å²) in [7, 11) is -4.70. The fraction of sp³-hybridized carbons (Fsp3) is 0.185. The van der Waals surface area contributed by atoms with Gasteiger partial charge in [0.1, 0.15) is 15.9 Å². The third-order valence-electron chi connectivity index (χ3n) is 6.57. The third-order valence-corrected chi connectivity index (χ3v) is 7.44. The molecule has 9 heteroatoms. The second-order valence-electron chi connectivity index (χ2n) is 8.96. The number of amides is 1. The van der Waals surface area contributed by atoms with Gasteiger partial charge in [0.15, 0.2) is 6.61 Å². The van der Waals surface area contributed by atoms with Crippen LogP contribution < -0.4 is 10.1 Å². The molecular weight excluding hydrogens is 482 g/mol. The number of carbonyl (C=O) groups is 2. The van der Waals surface area contributed by atoms with Crippen LogP contribution in [-0.2, 0) is 19.7 Å². The molecule has 1 unspecified atom stereocenters. The molecule has 0 radical (unpaired) electrons. The Balaban J connectivity index is 1.52. The third kappa shape index (κ3) is 4.06. The van der Waals surface area contributed by atoms with E-state index in [0.717, 1.165) is 21.7 Å². The lowest BCUT2D eigenvalue weighted by molar-refractivity contribution is -0.133. The first-order valence-corrected chi connectivity index (χ1v) is 12.7. The predicted molar refractivity (Wildman–Crippen MR) is 134 cm³/mol. The maximum atomic E-state index is 12.6. The number of nitrogens with one attached hydrogen (secondary N) is 1. The number of benzene rings is 4. The Kier molecular flexibility index (Phi) is 5.69. The molecule has 2 N–H and O–H groups in total. The van der Waals surface area contributed by atoms with Crippen LogP contribution in [0.15, 0.2) is 65.1 Å². The zero-order valence-electron chi connectivity index (χ0n) is 19.5. The number of hydrogen-bond donors (Lipinski definition) is 2. The van der Waals surface area contributed by atoms with Crippen LogP contribution in [0, 0.1) is 13.8 Å². The lowest BCUT2D eigenvalue weighted by atomic mass is 9.90. The average Bonchev–Trinajstić information content (AvgIpc) is 2.82. The van der Waals surface area contributed by atoms with Crippen molar-refractivity contribution in [2.75, 3.05) is 6.61 Å². The summed E-state index contributed by atoms with van der Waals surface area (Å²) in [4.78, 5) is 23.5. The molecule has 1 aliphatic carbocycles. The van der Waals surface area contributed by atoms with Gasteiger partial charge in [-0.2, -0.15) is 0 Å². The minimum atomic E-state index is -4.70. The van der Waals surface area contributed by atoms with Crippen molar-refractivity contribution in [3.05, 3.63) is 71.3 Å². The molecule has 1 atom stereocenters. The summed E-state index contributed by atoms with van der Waals surface area (Å²) in [5.41, 5.74) is 1.75. The molecule has 0 saturated heterocycles. The van der Waals surface area contributed by atoms with Gasteiger partial charge in [0, 0.05) is 28.2 Å². The Morgan fingerprint density at radius 2 is 1.64 bits per heavy atom. The van der Waals surface area contributed by atoms with E-state index in [1.165, 1.54) is 12.1 Å². The molecule has 1 aliphatic rings. The van der Waals surface area contributed by atoms with Gasteiger partial charge in [0.2, 0.25) is 0 Å². The quantitative estimate of drug-likeness (QED) is 0.300. The number of hydrogen-bond acceptors (Lipinski definition) is 6. The largest absolute Gasteiger partial charge is 0.744 e. The van der Waals surface area contributed by atoms with Crippen LogP contribution in [0.5, 0.6) is 5.75 Å². The molecule has 1 amide bonds. The summed E-state index contributed by atoms with van der Waals surface area (Å²) in [6.07, 6.45) is 5.00. The molecule has 0 fully saturated rings. The van der Waals surface area contributed by atoms with Gasteiger partial charge in [0.05, 0.1) is 10.9 Å². The summed E-state index contributed by atoms with van der Waals surface area (Å²) in [5, 5.41) is 16.1. The number of ether oxygens (including phenoxy) is 1. The smallest absolute Gasteiger partial charge is 0.331 e. The molecule has 0 heterocycles. The van der Waals surface area contributed by atoms with Crippen molar-refractivity contribution in [1.29, 1.82) is 0 Å². The van der Waals surface area contributed by atoms with Crippen molar-refractivity contribution in [3.63, 3.8) is 0 Å². The monoisotopic (exact) mass is 504 g/mol. The number of aliphatic carboxylic acids is 1. The molecule has 5 rings (SSSR count). The average molecular weight is 505 g/mol. The van der Waals surface area contributed by atoms with E-state index in [1.807, 2.05) is 25.1 Å². The standard InChI is InChI=1S/C27H23NO7S/c1-14-10-22(35-13-24(29)28-17-5-3-4-16(12-17)27(30)31)20-8-9-21-23(36(32,33)34)11-15(2)19-7-6-18(14)25(20)26(19)21/h3-11,17H,12-13H2,1-2H3,(H,28,29)(H,30,31)(H,32,33,34)/p-1. The summed E-state index contributed by atoms with van der Waals surface area (Å²) in [6.45, 7) is 3.36. The van der Waals surface area contributed by atoms with Crippen LogP contribution in [-0.4, -0.2) is 42.6 Å². The fourth-order valence-electron chi connectivity index (χ4n) is 4.92. The minimum Gasteiger partial charge on any atom is -0.744 e. The lowest BCUT2D eigenvalue weighted by Crippen LogP contribution is -2.38. The lowest BCUT2D eigenvalue weighted by Gasteiger charge is -2.20. The van der Waals surface area contributed by atoms with Gasteiger partial charge in [-0.25, -0.2) is 13.2 Å². The van der Waals surface area contributed by atoms with E-state index in [-0.39, 0.29) is 23.5 Å². The van der Waals surface area contributed by atoms with E-state index < -0.39 is 28.0 Å². The molecule has 0 spiro atoms. The van der Waals surface area contributed by atoms with Gasteiger partial charge in [-0.15, -0.1) is 0 Å². The highest BCUT2D eigenvalue weighted by Crippen LogP contribution is 2.43. The van der Waals surface area contributed by atoms with Gasteiger partial charge in [-0.3, -0.25) is 4.79 Å². The van der Waals surface area contributed by atoms with Crippen LogP contribution >= 0.6 is 0 Å². The Hall–Kier alpha value is -3.95. The van der Waals surface area contributed by atoms with E-state index in [9.17, 15) is 27.7 Å². The number of carboxylic acids is 1. The second kappa shape index (κ2) is 8.61. The molecular formula is C27H22NO7S-. The molecule has 0 aromatic heterocycles. The fourth-order valence-corrected chi connectivity index (χ4v) is 5.68. The summed E-state index contributed by atoms with van der Waals surface area (Å²) < 4.78 is 41.9. The Labute approximate surface area is 206 Å². The van der Waals surface area contributed by atoms with Gasteiger partial charge in [-0.1, -0.05) is 36.4 Å². The number of rotatable bonds is 6. The summed E-state index contributed by atoms with van der Waals surface area (Å²) in [5.74, 6) is -0.986. The zero-order chi connectivity index (χ0) is 25.8. The number of allylic oxidation sites excluding steroid dienone is 2. The van der Waals surface area contributed by atoms with Crippen LogP contribution in [0.1, 0.15) is 17.5 Å². The topological polar surface area (TPSA) is 133 Å². The van der Waals surface area contributed by atoms with E-state index in [1.54, 1.807) is 31.2 Å². The van der Waals surface area contributed by atoms with Gasteiger partial charge in [0.25, 0.3) is 5.91 Å². The van der Waals surface area contributed by atoms with E-state index in [0.29, 0.717) is 27.5 Å². The van der Waals surface area contributed by atoms with Crippen molar-refractivity contribution >= 4 is 54.3 Å². The first-order valence-electron chi connectivity index (χ1n) is 11.2. The summed E-state index contributed by atoms with van der Waals surface area (Å²) in [6, 6.07) is 9.95. The predicted octanol–water partition coefficient (Wildman–Crippen LogP) is 3.94. The van der Waals surface area contributed by atoms with Crippen molar-refractivity contribution in [2.45, 2.75) is 31.2 Å². The first kappa shape index (κ1) is 23.8. The van der Waals surface area contributed by atoms with Gasteiger partial charge in [-0.05, 0) is 59.3 Å². The molecule has 8 nitrogen and oxygen atoms in total. The maximum absolute atomic E-state index is 12.6. The van der Waals surface area contributed by atoms with Crippen LogP contribution in [0.2, 0.25) is 0 Å². The minimum absolute atomic E-state index is 0.180. The molecule has 184 valence electrons. The van der Waals surface area contributed by atoms with E-state index >= 15 is 0 Å². The number of aryl methyl sites for hydroxylation is 2. The van der Waals surface area contributed by atoms with Crippen LogP contribution in [0.4, 0.5) is 0 Å². The van der Waals surface area contributed by atoms with Gasteiger partial charge < -0.3 is 19.7 Å². The molecule has 4 aromatic carbocycles. The SMILES string of the molecule is Cc1cc(OCC(=O)NC2C=CC=C(C(=O)O)C2)c2ccc3c(S(=O)(=O)[O-])cc(C)c4ccc1c2c43.